The average molecular weight is 837 g/mol. The molecule has 0 radical (unpaired) electrons. The van der Waals surface area contributed by atoms with Gasteiger partial charge in [0.05, 0.1) is 0 Å². The minimum absolute atomic E-state index is 0.102. The summed E-state index contributed by atoms with van der Waals surface area (Å²) in [6.07, 6.45) is 60.2. The van der Waals surface area contributed by atoms with Crippen molar-refractivity contribution in [3.8, 4) is 0 Å². The number of unbranched alkanes of at least 4 members (excludes halogenated alkanes) is 21. The highest BCUT2D eigenvalue weighted by atomic mass is 16.6. The van der Waals surface area contributed by atoms with Gasteiger partial charge in [0, 0.05) is 19.3 Å². The molecule has 1 atom stereocenters. The summed E-state index contributed by atoms with van der Waals surface area (Å²) in [6, 6.07) is 0. The van der Waals surface area contributed by atoms with E-state index in [1.54, 1.807) is 0 Å². The third kappa shape index (κ3) is 45.9. The van der Waals surface area contributed by atoms with Crippen LogP contribution in [0.1, 0.15) is 233 Å². The molecule has 60 heavy (non-hydrogen) atoms. The molecule has 0 aliphatic carbocycles. The highest BCUT2D eigenvalue weighted by Crippen LogP contribution is 2.14. The monoisotopic (exact) mass is 837 g/mol. The van der Waals surface area contributed by atoms with Crippen molar-refractivity contribution in [1.29, 1.82) is 0 Å². The molecule has 0 aromatic heterocycles. The van der Waals surface area contributed by atoms with Gasteiger partial charge < -0.3 is 14.2 Å². The van der Waals surface area contributed by atoms with Gasteiger partial charge in [-0.2, -0.15) is 0 Å². The van der Waals surface area contributed by atoms with Crippen LogP contribution in [-0.2, 0) is 28.6 Å². The van der Waals surface area contributed by atoms with Gasteiger partial charge in [-0.25, -0.2) is 0 Å². The third-order valence-corrected chi connectivity index (χ3v) is 10.4. The SMILES string of the molecule is CCCCC/C=C\C/C=C\C/C=C\CCCCC(=O)OC[C@H](COC(=O)CCCCCCCCCCCCCC)OC(=O)CCCC/C=C\C/C=C\C/C=C\CCCCC. The van der Waals surface area contributed by atoms with E-state index in [0.29, 0.717) is 19.3 Å². The van der Waals surface area contributed by atoms with Gasteiger partial charge in [-0.15, -0.1) is 0 Å². The molecular weight excluding hydrogens is 745 g/mol. The smallest absolute Gasteiger partial charge is 0.306 e. The average Bonchev–Trinajstić information content (AvgIpc) is 3.24. The van der Waals surface area contributed by atoms with Crippen molar-refractivity contribution in [2.24, 2.45) is 0 Å². The van der Waals surface area contributed by atoms with Gasteiger partial charge in [-0.05, 0) is 96.3 Å². The van der Waals surface area contributed by atoms with E-state index in [1.807, 2.05) is 0 Å². The summed E-state index contributed by atoms with van der Waals surface area (Å²) in [6.45, 7) is 6.50. The topological polar surface area (TPSA) is 78.9 Å². The normalized spacial score (nSPS) is 12.7. The molecule has 0 fully saturated rings. The molecule has 0 amide bonds. The first-order valence-electron chi connectivity index (χ1n) is 24.9. The van der Waals surface area contributed by atoms with Crippen LogP contribution in [0, 0.1) is 0 Å². The fourth-order valence-corrected chi connectivity index (χ4v) is 6.63. The summed E-state index contributed by atoms with van der Waals surface area (Å²) in [4.78, 5) is 37.9. The van der Waals surface area contributed by atoms with Crippen LogP contribution in [0.25, 0.3) is 0 Å². The van der Waals surface area contributed by atoms with Gasteiger partial charge >= 0.3 is 17.9 Å². The van der Waals surface area contributed by atoms with Crippen molar-refractivity contribution >= 4 is 17.9 Å². The second-order valence-corrected chi connectivity index (χ2v) is 16.4. The molecule has 0 saturated heterocycles. The Balaban J connectivity index is 4.51. The zero-order valence-electron chi connectivity index (χ0n) is 39.2. The number of carbonyl (C=O) groups excluding carboxylic acids is 3. The van der Waals surface area contributed by atoms with E-state index in [9.17, 15) is 14.4 Å². The van der Waals surface area contributed by atoms with E-state index in [4.69, 9.17) is 14.2 Å². The third-order valence-electron chi connectivity index (χ3n) is 10.4. The lowest BCUT2D eigenvalue weighted by molar-refractivity contribution is -0.167. The van der Waals surface area contributed by atoms with Crippen molar-refractivity contribution < 1.29 is 28.6 Å². The van der Waals surface area contributed by atoms with Gasteiger partial charge in [0.15, 0.2) is 6.10 Å². The molecule has 0 bridgehead atoms. The molecule has 344 valence electrons. The molecule has 0 rings (SSSR count). The summed E-state index contributed by atoms with van der Waals surface area (Å²) in [5.74, 6) is -0.981. The molecule has 0 spiro atoms. The lowest BCUT2D eigenvalue weighted by atomic mass is 10.0. The minimum atomic E-state index is -0.808. The van der Waals surface area contributed by atoms with E-state index in [-0.39, 0.29) is 37.5 Å². The van der Waals surface area contributed by atoms with Crippen LogP contribution in [0.3, 0.4) is 0 Å². The largest absolute Gasteiger partial charge is 0.462 e. The van der Waals surface area contributed by atoms with Gasteiger partial charge in [-0.3, -0.25) is 14.4 Å². The molecular formula is C54H92O6. The molecule has 0 aromatic rings. The Morgan fingerprint density at radius 3 is 0.967 bits per heavy atom. The second-order valence-electron chi connectivity index (χ2n) is 16.4. The first-order valence-corrected chi connectivity index (χ1v) is 24.9. The number of hydrogen-bond acceptors (Lipinski definition) is 6. The van der Waals surface area contributed by atoms with Gasteiger partial charge in [0.25, 0.3) is 0 Å². The van der Waals surface area contributed by atoms with Gasteiger partial charge in [0.2, 0.25) is 0 Å². The summed E-state index contributed by atoms with van der Waals surface area (Å²) < 4.78 is 16.7. The zero-order chi connectivity index (χ0) is 43.7. The Kier molecular flexibility index (Phi) is 46.0. The van der Waals surface area contributed by atoms with Crippen molar-refractivity contribution in [2.45, 2.75) is 239 Å². The molecule has 0 N–H and O–H groups in total. The number of allylic oxidation sites excluding steroid dienone is 12. The van der Waals surface area contributed by atoms with Crippen LogP contribution < -0.4 is 0 Å². The van der Waals surface area contributed by atoms with E-state index < -0.39 is 6.10 Å². The summed E-state index contributed by atoms with van der Waals surface area (Å²) >= 11 is 0. The van der Waals surface area contributed by atoms with Crippen molar-refractivity contribution in [3.05, 3.63) is 72.9 Å². The van der Waals surface area contributed by atoms with Crippen molar-refractivity contribution in [3.63, 3.8) is 0 Å². The van der Waals surface area contributed by atoms with Crippen LogP contribution in [-0.4, -0.2) is 37.2 Å². The van der Waals surface area contributed by atoms with Crippen LogP contribution in [0.2, 0.25) is 0 Å². The number of esters is 3. The van der Waals surface area contributed by atoms with E-state index in [0.717, 1.165) is 77.0 Å². The van der Waals surface area contributed by atoms with E-state index >= 15 is 0 Å². The zero-order valence-corrected chi connectivity index (χ0v) is 39.2. The standard InChI is InChI=1S/C54H92O6/c1-4-7-10-13-16-19-22-25-27-29-32-35-38-41-44-47-53(56)59-50-51(49-58-52(55)46-43-40-37-34-31-24-21-18-15-12-9-6-3)60-54(57)48-45-42-39-36-33-30-28-26-23-20-17-14-11-8-5-2/h16-17,19-20,25-28,32-33,35-36,51H,4-15,18,21-24,29-31,34,37-50H2,1-3H3/b19-16-,20-17-,27-25-,28-26-,35-32-,36-33-/t51-/m0/s1. The van der Waals surface area contributed by atoms with Crippen LogP contribution in [0.15, 0.2) is 72.9 Å². The fourth-order valence-electron chi connectivity index (χ4n) is 6.63. The molecule has 6 heteroatoms. The van der Waals surface area contributed by atoms with Crippen molar-refractivity contribution in [2.75, 3.05) is 13.2 Å². The first kappa shape index (κ1) is 56.9. The molecule has 0 unspecified atom stereocenters. The van der Waals surface area contributed by atoms with Gasteiger partial charge in [0.1, 0.15) is 13.2 Å². The van der Waals surface area contributed by atoms with Crippen LogP contribution >= 0.6 is 0 Å². The predicted octanol–water partition coefficient (Wildman–Crippen LogP) is 16.3. The Hall–Kier alpha value is -3.15. The summed E-state index contributed by atoms with van der Waals surface area (Å²) in [5, 5.41) is 0. The van der Waals surface area contributed by atoms with Crippen LogP contribution in [0.5, 0.6) is 0 Å². The Morgan fingerprint density at radius 1 is 0.333 bits per heavy atom. The maximum Gasteiger partial charge on any atom is 0.306 e. The molecule has 0 saturated carbocycles. The maximum atomic E-state index is 12.8. The first-order chi connectivity index (χ1) is 29.5. The Labute approximate surface area is 370 Å². The number of hydrogen-bond donors (Lipinski definition) is 0. The van der Waals surface area contributed by atoms with E-state index in [1.165, 1.54) is 109 Å². The molecule has 0 aliphatic heterocycles. The Bertz CT molecular complexity index is 1140. The molecule has 0 aromatic carbocycles. The highest BCUT2D eigenvalue weighted by molar-refractivity contribution is 5.71. The summed E-state index contributed by atoms with van der Waals surface area (Å²) in [7, 11) is 0. The number of rotatable bonds is 44. The van der Waals surface area contributed by atoms with Crippen LogP contribution in [0.4, 0.5) is 0 Å². The highest BCUT2D eigenvalue weighted by Gasteiger charge is 2.19. The fraction of sp³-hybridized carbons (Fsp3) is 0.722. The summed E-state index contributed by atoms with van der Waals surface area (Å²) in [5.41, 5.74) is 0. The maximum absolute atomic E-state index is 12.8. The second kappa shape index (κ2) is 48.5. The minimum Gasteiger partial charge on any atom is -0.462 e. The lowest BCUT2D eigenvalue weighted by Crippen LogP contribution is -2.30. The van der Waals surface area contributed by atoms with Crippen molar-refractivity contribution in [1.82, 2.24) is 0 Å². The van der Waals surface area contributed by atoms with E-state index in [2.05, 4.69) is 93.7 Å². The number of carbonyl (C=O) groups is 3. The molecule has 0 aliphatic rings. The predicted molar refractivity (Wildman–Crippen MR) is 256 cm³/mol. The Morgan fingerprint density at radius 2 is 0.600 bits per heavy atom. The quantitative estimate of drug-likeness (QED) is 0.0263. The molecule has 6 nitrogen and oxygen atoms in total. The number of ether oxygens (including phenoxy) is 3. The van der Waals surface area contributed by atoms with Gasteiger partial charge in [-0.1, -0.05) is 190 Å². The lowest BCUT2D eigenvalue weighted by Gasteiger charge is -2.18. The molecule has 0 heterocycles.